The summed E-state index contributed by atoms with van der Waals surface area (Å²) in [6, 6.07) is 12.0. The number of esters is 4. The molecule has 1 fully saturated rings. The summed E-state index contributed by atoms with van der Waals surface area (Å²) >= 11 is 8.74. The normalized spacial score (nSPS) is 21.8. The molecule has 1 aliphatic heterocycles. The number of benzene rings is 2. The standard InChI is InChI=1S/C29H27ClINO10/c1-14(33)38-13-23-26(39-15(2)34)27(40-16(3)35)28(41-17(4)36)29(42-23)32-12-20(24-21(30)6-5-7-22(24)32)25(37)18-8-10-19(31)11-9-18/h5-12,23,26-29H,13H2,1-4H3/t23-,26-,27+,28-,29-/m1/s1. The maximum Gasteiger partial charge on any atom is 0.303 e. The largest absolute Gasteiger partial charge is 0.463 e. The first-order valence-corrected chi connectivity index (χ1v) is 14.2. The van der Waals surface area contributed by atoms with E-state index in [9.17, 15) is 24.0 Å². The van der Waals surface area contributed by atoms with Gasteiger partial charge in [-0.3, -0.25) is 24.0 Å². The van der Waals surface area contributed by atoms with Gasteiger partial charge in [-0.1, -0.05) is 17.7 Å². The van der Waals surface area contributed by atoms with Crippen LogP contribution in [-0.2, 0) is 42.9 Å². The lowest BCUT2D eigenvalue weighted by molar-refractivity contribution is -0.267. The highest BCUT2D eigenvalue weighted by molar-refractivity contribution is 14.1. The molecule has 1 aliphatic rings. The van der Waals surface area contributed by atoms with E-state index in [1.807, 2.05) is 0 Å². The highest BCUT2D eigenvalue weighted by Gasteiger charge is 2.53. The van der Waals surface area contributed by atoms with Gasteiger partial charge in [0.25, 0.3) is 0 Å². The molecule has 0 unspecified atom stereocenters. The van der Waals surface area contributed by atoms with Crippen LogP contribution in [0.15, 0.2) is 48.7 Å². The van der Waals surface area contributed by atoms with Crippen molar-refractivity contribution >= 4 is 74.8 Å². The second-order valence-corrected chi connectivity index (χ2v) is 11.2. The van der Waals surface area contributed by atoms with Crippen LogP contribution in [0.25, 0.3) is 10.9 Å². The number of fused-ring (bicyclic) bond motifs is 1. The van der Waals surface area contributed by atoms with Gasteiger partial charge in [-0.2, -0.15) is 0 Å². The van der Waals surface area contributed by atoms with Crippen molar-refractivity contribution in [1.29, 1.82) is 0 Å². The third-order valence-corrected chi connectivity index (χ3v) is 7.43. The molecule has 1 aromatic heterocycles. The number of halogens is 2. The van der Waals surface area contributed by atoms with Gasteiger partial charge in [0.1, 0.15) is 12.7 Å². The average molecular weight is 712 g/mol. The number of ketones is 1. The van der Waals surface area contributed by atoms with E-state index < -0.39 is 54.5 Å². The summed E-state index contributed by atoms with van der Waals surface area (Å²) in [5.41, 5.74) is 1.10. The van der Waals surface area contributed by atoms with Crippen molar-refractivity contribution in [3.63, 3.8) is 0 Å². The van der Waals surface area contributed by atoms with Crippen molar-refractivity contribution in [1.82, 2.24) is 4.57 Å². The molecule has 2 heterocycles. The van der Waals surface area contributed by atoms with Gasteiger partial charge in [-0.05, 0) is 59.0 Å². The van der Waals surface area contributed by atoms with E-state index in [2.05, 4.69) is 22.6 Å². The number of carbonyl (C=O) groups is 5. The van der Waals surface area contributed by atoms with Crippen molar-refractivity contribution in [2.45, 2.75) is 58.3 Å². The fourth-order valence-corrected chi connectivity index (χ4v) is 5.47. The van der Waals surface area contributed by atoms with E-state index in [1.165, 1.54) is 17.7 Å². The Labute approximate surface area is 259 Å². The quantitative estimate of drug-likeness (QED) is 0.143. The lowest BCUT2D eigenvalue weighted by atomic mass is 9.97. The number of rotatable bonds is 8. The molecule has 222 valence electrons. The highest BCUT2D eigenvalue weighted by Crippen LogP contribution is 2.39. The molecule has 0 aliphatic carbocycles. The van der Waals surface area contributed by atoms with E-state index in [0.29, 0.717) is 16.5 Å². The molecule has 11 nitrogen and oxygen atoms in total. The fourth-order valence-electron chi connectivity index (χ4n) is 4.84. The molecule has 3 aromatic rings. The summed E-state index contributed by atoms with van der Waals surface area (Å²) in [6.07, 6.45) is -4.94. The van der Waals surface area contributed by atoms with Gasteiger partial charge in [0.2, 0.25) is 0 Å². The Hall–Kier alpha value is -3.49. The van der Waals surface area contributed by atoms with Gasteiger partial charge < -0.3 is 28.3 Å². The number of ether oxygens (including phenoxy) is 5. The topological polar surface area (TPSA) is 136 Å². The highest BCUT2D eigenvalue weighted by atomic mass is 127. The summed E-state index contributed by atoms with van der Waals surface area (Å²) in [5.74, 6) is -3.19. The molecular weight excluding hydrogens is 685 g/mol. The summed E-state index contributed by atoms with van der Waals surface area (Å²) in [5, 5.41) is 0.696. The van der Waals surface area contributed by atoms with Crippen LogP contribution in [0, 0.1) is 3.57 Å². The lowest BCUT2D eigenvalue weighted by Gasteiger charge is -2.44. The van der Waals surface area contributed by atoms with E-state index in [0.717, 1.165) is 24.3 Å². The number of aromatic nitrogens is 1. The van der Waals surface area contributed by atoms with Crippen LogP contribution in [0.4, 0.5) is 0 Å². The van der Waals surface area contributed by atoms with Crippen molar-refractivity contribution in [2.75, 3.05) is 6.61 Å². The van der Waals surface area contributed by atoms with Crippen LogP contribution in [0.2, 0.25) is 5.02 Å². The first-order chi connectivity index (χ1) is 19.9. The molecule has 0 amide bonds. The molecular formula is C29H27ClINO10. The van der Waals surface area contributed by atoms with Crippen molar-refractivity contribution in [3.8, 4) is 0 Å². The fraction of sp³-hybridized carbons (Fsp3) is 0.345. The SMILES string of the molecule is CC(=O)OC[C@H]1O[C@@H](n2cc(C(=O)c3ccc(I)cc3)c3c(Cl)cccc32)[C@H](OC(C)=O)[C@@H](OC(C)=O)[C@@H]1OC(C)=O. The van der Waals surface area contributed by atoms with E-state index in [1.54, 1.807) is 42.5 Å². The molecule has 1 saturated heterocycles. The second-order valence-electron chi connectivity index (χ2n) is 9.51. The van der Waals surface area contributed by atoms with Crippen molar-refractivity contribution in [2.24, 2.45) is 0 Å². The van der Waals surface area contributed by atoms with Crippen LogP contribution >= 0.6 is 34.2 Å². The number of carbonyl (C=O) groups excluding carboxylic acids is 5. The van der Waals surface area contributed by atoms with Crippen molar-refractivity contribution in [3.05, 3.63) is 68.4 Å². The minimum atomic E-state index is -1.37. The summed E-state index contributed by atoms with van der Waals surface area (Å²) < 4.78 is 30.6. The molecule has 0 radical (unpaired) electrons. The van der Waals surface area contributed by atoms with Crippen molar-refractivity contribution < 1.29 is 47.7 Å². The zero-order valence-electron chi connectivity index (χ0n) is 23.0. The zero-order chi connectivity index (χ0) is 30.7. The minimum absolute atomic E-state index is 0.240. The van der Waals surface area contributed by atoms with Gasteiger partial charge in [-0.15, -0.1) is 0 Å². The smallest absolute Gasteiger partial charge is 0.303 e. The predicted molar refractivity (Wildman–Crippen MR) is 157 cm³/mol. The van der Waals surface area contributed by atoms with Gasteiger partial charge in [0.05, 0.1) is 10.5 Å². The Kier molecular flexibility index (Phi) is 9.89. The Balaban J connectivity index is 1.91. The Morgan fingerprint density at radius 3 is 2.02 bits per heavy atom. The number of hydrogen-bond donors (Lipinski definition) is 0. The van der Waals surface area contributed by atoms with Gasteiger partial charge in [0.15, 0.2) is 30.3 Å². The summed E-state index contributed by atoms with van der Waals surface area (Å²) in [6.45, 7) is 4.25. The molecule has 13 heteroatoms. The van der Waals surface area contributed by atoms with Crippen LogP contribution in [0.5, 0.6) is 0 Å². The molecule has 5 atom stereocenters. The lowest BCUT2D eigenvalue weighted by Crippen LogP contribution is -2.60. The Bertz CT molecular complexity index is 1540. The Morgan fingerprint density at radius 1 is 0.833 bits per heavy atom. The van der Waals surface area contributed by atoms with Gasteiger partial charge in [-0.25, -0.2) is 0 Å². The first-order valence-electron chi connectivity index (χ1n) is 12.8. The third kappa shape index (κ3) is 6.93. The maximum absolute atomic E-state index is 13.7. The second kappa shape index (κ2) is 13.2. The van der Waals surface area contributed by atoms with Crippen LogP contribution in [0.3, 0.4) is 0 Å². The number of nitrogens with zero attached hydrogens (tertiary/aromatic N) is 1. The monoisotopic (exact) mass is 711 g/mol. The van der Waals surface area contributed by atoms with E-state index in [4.69, 9.17) is 35.3 Å². The third-order valence-electron chi connectivity index (χ3n) is 6.40. The molecule has 2 aromatic carbocycles. The maximum atomic E-state index is 13.7. The van der Waals surface area contributed by atoms with Crippen LogP contribution in [0.1, 0.15) is 49.8 Å². The number of hydrogen-bond acceptors (Lipinski definition) is 10. The summed E-state index contributed by atoms with van der Waals surface area (Å²) in [4.78, 5) is 62.0. The van der Waals surface area contributed by atoms with Crippen LogP contribution < -0.4 is 0 Å². The summed E-state index contributed by atoms with van der Waals surface area (Å²) in [7, 11) is 0. The van der Waals surface area contributed by atoms with Gasteiger partial charge >= 0.3 is 23.9 Å². The molecule has 0 N–H and O–H groups in total. The molecule has 4 rings (SSSR count). The van der Waals surface area contributed by atoms with E-state index in [-0.39, 0.29) is 23.0 Å². The van der Waals surface area contributed by atoms with Crippen LogP contribution in [-0.4, -0.2) is 65.3 Å². The van der Waals surface area contributed by atoms with E-state index >= 15 is 0 Å². The molecule has 0 spiro atoms. The predicted octanol–water partition coefficient (Wildman–Crippen LogP) is 4.39. The van der Waals surface area contributed by atoms with Gasteiger partial charge in [0, 0.05) is 54.0 Å². The molecule has 42 heavy (non-hydrogen) atoms. The Morgan fingerprint density at radius 2 is 1.43 bits per heavy atom. The molecule has 0 saturated carbocycles. The molecule has 0 bridgehead atoms. The average Bonchev–Trinajstić information content (AvgIpc) is 3.30. The first kappa shape index (κ1) is 31.4. The zero-order valence-corrected chi connectivity index (χ0v) is 25.9. The minimum Gasteiger partial charge on any atom is -0.463 e.